The van der Waals surface area contributed by atoms with Crippen molar-refractivity contribution in [3.8, 4) is 11.4 Å². The van der Waals surface area contributed by atoms with E-state index in [2.05, 4.69) is 45.7 Å². The molecule has 0 bridgehead atoms. The molecule has 3 rings (SSSR count). The first-order chi connectivity index (χ1) is 15.8. The Morgan fingerprint density at radius 2 is 1.91 bits per heavy atom. The van der Waals surface area contributed by atoms with Gasteiger partial charge in [0.1, 0.15) is 0 Å². The van der Waals surface area contributed by atoms with E-state index in [1.807, 2.05) is 19.9 Å². The molecule has 2 heterocycles. The van der Waals surface area contributed by atoms with Crippen molar-refractivity contribution >= 4 is 21.8 Å². The van der Waals surface area contributed by atoms with Gasteiger partial charge < -0.3 is 4.52 Å². The third-order valence-corrected chi connectivity index (χ3v) is 8.41. The second-order valence-corrected chi connectivity index (χ2v) is 10.6. The van der Waals surface area contributed by atoms with Gasteiger partial charge in [0.2, 0.25) is 15.9 Å². The monoisotopic (exact) mass is 492 g/mol. The second-order valence-electron chi connectivity index (χ2n) is 7.69. The van der Waals surface area contributed by atoms with Crippen LogP contribution in [0.1, 0.15) is 65.2 Å². The molecule has 3 aromatic rings. The predicted octanol–water partition coefficient (Wildman–Crippen LogP) is 4.57. The summed E-state index contributed by atoms with van der Waals surface area (Å²) in [5.74, 6) is 2.39. The molecular formula is C22H32N6O3S2. The van der Waals surface area contributed by atoms with Gasteiger partial charge in [-0.2, -0.15) is 9.29 Å². The number of rotatable bonds is 12. The van der Waals surface area contributed by atoms with E-state index >= 15 is 0 Å². The van der Waals surface area contributed by atoms with Gasteiger partial charge in [0, 0.05) is 31.1 Å². The van der Waals surface area contributed by atoms with Crippen molar-refractivity contribution in [1.82, 2.24) is 29.2 Å². The second kappa shape index (κ2) is 11.3. The third kappa shape index (κ3) is 5.64. The van der Waals surface area contributed by atoms with Crippen molar-refractivity contribution in [2.24, 2.45) is 0 Å². The maximum atomic E-state index is 13.0. The van der Waals surface area contributed by atoms with Gasteiger partial charge in [-0.15, -0.1) is 10.2 Å². The number of nitrogens with zero attached hydrogens (tertiary/aromatic N) is 6. The minimum atomic E-state index is -3.57. The molecule has 0 fully saturated rings. The average molecular weight is 493 g/mol. The molecule has 2 aromatic heterocycles. The summed E-state index contributed by atoms with van der Waals surface area (Å²) < 4.78 is 34.9. The van der Waals surface area contributed by atoms with Crippen LogP contribution >= 0.6 is 11.8 Å². The normalized spacial score (nSPS) is 13.0. The van der Waals surface area contributed by atoms with Crippen LogP contribution in [0.5, 0.6) is 0 Å². The van der Waals surface area contributed by atoms with Crippen molar-refractivity contribution in [2.45, 2.75) is 75.7 Å². The zero-order valence-electron chi connectivity index (χ0n) is 19.9. The number of hydrogen-bond acceptors (Lipinski definition) is 8. The fourth-order valence-electron chi connectivity index (χ4n) is 3.46. The Balaban J connectivity index is 1.93. The number of aryl methyl sites for hydroxylation is 1. The van der Waals surface area contributed by atoms with Crippen LogP contribution in [0, 0.1) is 0 Å². The molecule has 0 N–H and O–H groups in total. The van der Waals surface area contributed by atoms with Crippen LogP contribution in [0.25, 0.3) is 11.4 Å². The van der Waals surface area contributed by atoms with Gasteiger partial charge in [-0.25, -0.2) is 8.42 Å². The Labute approximate surface area is 200 Å². The lowest BCUT2D eigenvalue weighted by Crippen LogP contribution is -2.30. The zero-order chi connectivity index (χ0) is 24.0. The molecule has 0 aliphatic heterocycles. The number of aromatic nitrogens is 5. The fourth-order valence-corrected chi connectivity index (χ4v) is 5.84. The first kappa shape index (κ1) is 25.4. The summed E-state index contributed by atoms with van der Waals surface area (Å²) in [4.78, 5) is 4.67. The number of thioether (sulfide) groups is 1. The number of hydrogen-bond donors (Lipinski definition) is 0. The highest BCUT2D eigenvalue weighted by Gasteiger charge is 2.24. The maximum absolute atomic E-state index is 13.0. The highest BCUT2D eigenvalue weighted by Crippen LogP contribution is 2.31. The van der Waals surface area contributed by atoms with Gasteiger partial charge in [0.15, 0.2) is 16.8 Å². The summed E-state index contributed by atoms with van der Waals surface area (Å²) >= 11 is 1.48. The summed E-state index contributed by atoms with van der Waals surface area (Å²) in [5, 5.41) is 13.6. The van der Waals surface area contributed by atoms with Crippen molar-refractivity contribution in [3.05, 3.63) is 36.0 Å². The smallest absolute Gasteiger partial charge is 0.243 e. The van der Waals surface area contributed by atoms with Gasteiger partial charge >= 0.3 is 0 Å². The van der Waals surface area contributed by atoms with E-state index in [-0.39, 0.29) is 10.9 Å². The van der Waals surface area contributed by atoms with Crippen LogP contribution in [-0.2, 0) is 22.2 Å². The molecule has 0 radical (unpaired) electrons. The molecule has 0 aliphatic rings. The SMILES string of the molecule is CCCc1noc(CSc2nnc(-c3cccc(S(=O)(=O)N(CC)CC)c3)n2C(C)CC)n1. The topological polar surface area (TPSA) is 107 Å². The zero-order valence-corrected chi connectivity index (χ0v) is 21.5. The molecule has 0 saturated heterocycles. The predicted molar refractivity (Wildman–Crippen MR) is 128 cm³/mol. The molecule has 1 aromatic carbocycles. The summed E-state index contributed by atoms with van der Waals surface area (Å²) in [6.45, 7) is 10.8. The minimum absolute atomic E-state index is 0.124. The quantitative estimate of drug-likeness (QED) is 0.338. The largest absolute Gasteiger partial charge is 0.338 e. The molecular weight excluding hydrogens is 460 g/mol. The Hall–Kier alpha value is -2.24. The molecule has 0 amide bonds. The standard InChI is InChI=1S/C22H32N6O3S2/c1-6-11-19-23-20(31-26-19)15-32-22-25-24-21(28(22)16(5)7-2)17-12-10-13-18(14-17)33(29,30)27(8-3)9-4/h10,12-14,16H,6-9,11,15H2,1-5H3. The van der Waals surface area contributed by atoms with Gasteiger partial charge in [0.25, 0.3) is 0 Å². The Kier molecular flexibility index (Phi) is 8.66. The van der Waals surface area contributed by atoms with E-state index in [9.17, 15) is 8.42 Å². The molecule has 0 saturated carbocycles. The van der Waals surface area contributed by atoms with E-state index in [4.69, 9.17) is 4.52 Å². The third-order valence-electron chi connectivity index (χ3n) is 5.44. The lowest BCUT2D eigenvalue weighted by molar-refractivity contribution is 0.384. The van der Waals surface area contributed by atoms with Crippen molar-refractivity contribution < 1.29 is 12.9 Å². The van der Waals surface area contributed by atoms with Crippen LogP contribution in [-0.4, -0.2) is 50.7 Å². The molecule has 180 valence electrons. The van der Waals surface area contributed by atoms with Gasteiger partial charge in [-0.3, -0.25) is 4.57 Å². The average Bonchev–Trinajstić information content (AvgIpc) is 3.45. The number of sulfonamides is 1. The lowest BCUT2D eigenvalue weighted by atomic mass is 10.2. The van der Waals surface area contributed by atoms with E-state index in [0.717, 1.165) is 24.4 Å². The van der Waals surface area contributed by atoms with Crippen molar-refractivity contribution in [2.75, 3.05) is 13.1 Å². The summed E-state index contributed by atoms with van der Waals surface area (Å²) in [5.41, 5.74) is 0.714. The Morgan fingerprint density at radius 3 is 2.58 bits per heavy atom. The summed E-state index contributed by atoms with van der Waals surface area (Å²) in [7, 11) is -3.57. The van der Waals surface area contributed by atoms with E-state index in [1.54, 1.807) is 18.2 Å². The van der Waals surface area contributed by atoms with Crippen LogP contribution in [0.3, 0.4) is 0 Å². The lowest BCUT2D eigenvalue weighted by Gasteiger charge is -2.19. The van der Waals surface area contributed by atoms with Crippen molar-refractivity contribution in [1.29, 1.82) is 0 Å². The van der Waals surface area contributed by atoms with Crippen LogP contribution in [0.15, 0.2) is 38.8 Å². The van der Waals surface area contributed by atoms with Crippen molar-refractivity contribution in [3.63, 3.8) is 0 Å². The number of benzene rings is 1. The van der Waals surface area contributed by atoms with Crippen LogP contribution in [0.2, 0.25) is 0 Å². The maximum Gasteiger partial charge on any atom is 0.243 e. The molecule has 0 spiro atoms. The van der Waals surface area contributed by atoms with E-state index in [1.165, 1.54) is 16.1 Å². The van der Waals surface area contributed by atoms with Gasteiger partial charge in [-0.05, 0) is 31.9 Å². The summed E-state index contributed by atoms with van der Waals surface area (Å²) in [6.07, 6.45) is 2.62. The van der Waals surface area contributed by atoms with E-state index < -0.39 is 10.0 Å². The van der Waals surface area contributed by atoms with Crippen LogP contribution in [0.4, 0.5) is 0 Å². The first-order valence-electron chi connectivity index (χ1n) is 11.3. The molecule has 1 unspecified atom stereocenters. The highest BCUT2D eigenvalue weighted by molar-refractivity contribution is 7.98. The summed E-state index contributed by atoms with van der Waals surface area (Å²) in [6, 6.07) is 7.05. The van der Waals surface area contributed by atoms with Gasteiger partial charge in [-0.1, -0.05) is 56.7 Å². The van der Waals surface area contributed by atoms with E-state index in [0.29, 0.717) is 41.9 Å². The highest BCUT2D eigenvalue weighted by atomic mass is 32.2. The Bertz CT molecular complexity index is 1150. The molecule has 1 atom stereocenters. The minimum Gasteiger partial charge on any atom is -0.338 e. The first-order valence-corrected chi connectivity index (χ1v) is 13.8. The molecule has 9 nitrogen and oxygen atoms in total. The molecule has 33 heavy (non-hydrogen) atoms. The fraction of sp³-hybridized carbons (Fsp3) is 0.545. The Morgan fingerprint density at radius 1 is 1.15 bits per heavy atom. The van der Waals surface area contributed by atoms with Crippen LogP contribution < -0.4 is 0 Å². The molecule has 0 aliphatic carbocycles. The van der Waals surface area contributed by atoms with Gasteiger partial charge in [0.05, 0.1) is 10.6 Å². The molecule has 11 heteroatoms.